The molecule has 5 nitrogen and oxygen atoms in total. The minimum absolute atomic E-state index is 0.220. The molecule has 0 aromatic carbocycles. The first-order valence-corrected chi connectivity index (χ1v) is 7.22. The van der Waals surface area contributed by atoms with E-state index in [0.29, 0.717) is 5.69 Å². The maximum absolute atomic E-state index is 11.3. The summed E-state index contributed by atoms with van der Waals surface area (Å²) in [6.07, 6.45) is 5.20. The molecule has 19 heavy (non-hydrogen) atoms. The minimum Gasteiger partial charge on any atom is -0.477 e. The molecule has 1 fully saturated rings. The van der Waals surface area contributed by atoms with Crippen molar-refractivity contribution >= 4 is 17.3 Å². The maximum atomic E-state index is 11.3. The third-order valence-electron chi connectivity index (χ3n) is 3.61. The molecule has 0 saturated heterocycles. The van der Waals surface area contributed by atoms with Crippen LogP contribution in [0.1, 0.15) is 52.5 Å². The zero-order valence-corrected chi connectivity index (χ0v) is 12.1. The quantitative estimate of drug-likeness (QED) is 0.901. The molecule has 2 rings (SSSR count). The largest absolute Gasteiger partial charge is 0.477 e. The van der Waals surface area contributed by atoms with Gasteiger partial charge in [-0.05, 0) is 12.8 Å². The normalized spacial score (nSPS) is 18.4. The number of hydrogen-bond donors (Lipinski definition) is 1. The van der Waals surface area contributed by atoms with Gasteiger partial charge in [0.15, 0.2) is 0 Å². The molecule has 0 radical (unpaired) electrons. The Balaban J connectivity index is 2.37. The molecule has 0 unspecified atom stereocenters. The number of carbonyl (C=O) groups is 1. The first kappa shape index (κ1) is 14.4. The molecule has 0 aliphatic heterocycles. The van der Waals surface area contributed by atoms with E-state index in [9.17, 15) is 9.90 Å². The van der Waals surface area contributed by atoms with Gasteiger partial charge in [0.05, 0.1) is 12.3 Å². The van der Waals surface area contributed by atoms with Gasteiger partial charge >= 0.3 is 5.97 Å². The summed E-state index contributed by atoms with van der Waals surface area (Å²) >= 11 is 1.22. The van der Waals surface area contributed by atoms with Crippen LogP contribution in [-0.4, -0.2) is 30.3 Å². The molecule has 0 atom stereocenters. The Morgan fingerprint density at radius 2 is 2.05 bits per heavy atom. The van der Waals surface area contributed by atoms with Gasteiger partial charge < -0.3 is 14.6 Å². The number of methoxy groups -OCH3 is 2. The Kier molecular flexibility index (Phi) is 4.54. The van der Waals surface area contributed by atoms with Crippen LogP contribution in [0.3, 0.4) is 0 Å². The Hall–Kier alpha value is -0.980. The minimum atomic E-state index is -0.946. The Labute approximate surface area is 116 Å². The number of aromatic carboxylic acids is 1. The second kappa shape index (κ2) is 5.98. The molecule has 106 valence electrons. The number of thiazole rings is 1. The smallest absolute Gasteiger partial charge is 0.347 e. The van der Waals surface area contributed by atoms with Crippen molar-refractivity contribution in [3.8, 4) is 0 Å². The lowest BCUT2D eigenvalue weighted by Crippen LogP contribution is -2.31. The molecule has 0 amide bonds. The van der Waals surface area contributed by atoms with Gasteiger partial charge in [-0.3, -0.25) is 0 Å². The third-order valence-corrected chi connectivity index (χ3v) is 4.89. The predicted octanol–water partition coefficient (Wildman–Crippen LogP) is 2.79. The number of carboxylic acid groups (broad SMARTS) is 1. The zero-order valence-electron chi connectivity index (χ0n) is 11.3. The highest BCUT2D eigenvalue weighted by Gasteiger charge is 2.38. The van der Waals surface area contributed by atoms with Crippen molar-refractivity contribution in [2.45, 2.75) is 44.3 Å². The van der Waals surface area contributed by atoms with E-state index in [-0.39, 0.29) is 11.5 Å². The highest BCUT2D eigenvalue weighted by Crippen LogP contribution is 2.42. The Morgan fingerprint density at radius 1 is 1.37 bits per heavy atom. The molecule has 1 aromatic rings. The predicted molar refractivity (Wildman–Crippen MR) is 71.6 cm³/mol. The van der Waals surface area contributed by atoms with E-state index < -0.39 is 11.6 Å². The molecule has 6 heteroatoms. The third kappa shape index (κ3) is 2.80. The molecule has 0 spiro atoms. The van der Waals surface area contributed by atoms with E-state index >= 15 is 0 Å². The first-order valence-electron chi connectivity index (χ1n) is 6.40. The monoisotopic (exact) mass is 285 g/mol. The number of hydrogen-bond acceptors (Lipinski definition) is 5. The lowest BCUT2D eigenvalue weighted by molar-refractivity contribution is -0.0448. The van der Waals surface area contributed by atoms with Crippen molar-refractivity contribution in [2.24, 2.45) is 0 Å². The number of rotatable bonds is 5. The van der Waals surface area contributed by atoms with Gasteiger partial charge in [-0.2, -0.15) is 0 Å². The average molecular weight is 285 g/mol. The van der Waals surface area contributed by atoms with Crippen molar-refractivity contribution in [2.75, 3.05) is 14.2 Å². The molecular weight excluding hydrogens is 266 g/mol. The fraction of sp³-hybridized carbons (Fsp3) is 0.692. The summed E-state index contributed by atoms with van der Waals surface area (Å²) in [5.74, 6) is -0.946. The summed E-state index contributed by atoms with van der Waals surface area (Å²) in [5.41, 5.74) is 0.0936. The van der Waals surface area contributed by atoms with E-state index in [1.54, 1.807) is 7.11 Å². The fourth-order valence-corrected chi connectivity index (χ4v) is 3.71. The average Bonchev–Trinajstić information content (AvgIpc) is 2.85. The van der Waals surface area contributed by atoms with E-state index in [2.05, 4.69) is 4.98 Å². The molecule has 1 saturated carbocycles. The fourth-order valence-electron chi connectivity index (χ4n) is 2.58. The van der Waals surface area contributed by atoms with Crippen LogP contribution >= 0.6 is 11.3 Å². The molecule has 1 N–H and O–H groups in total. The number of ether oxygens (including phenoxy) is 2. The van der Waals surface area contributed by atoms with Gasteiger partial charge in [0.2, 0.25) is 0 Å². The van der Waals surface area contributed by atoms with Gasteiger partial charge in [-0.1, -0.05) is 19.3 Å². The molecular formula is C13H19NO4S. The zero-order chi connectivity index (χ0) is 13.9. The van der Waals surface area contributed by atoms with E-state index in [1.165, 1.54) is 24.9 Å². The SMILES string of the molecule is COCc1nc(C2(OC)CCCCC2)sc1C(=O)O. The molecule has 1 heterocycles. The second-order valence-corrected chi connectivity index (χ2v) is 5.79. The van der Waals surface area contributed by atoms with Gasteiger partial charge in [-0.25, -0.2) is 9.78 Å². The van der Waals surface area contributed by atoms with Gasteiger partial charge in [0.25, 0.3) is 0 Å². The van der Waals surface area contributed by atoms with Crippen molar-refractivity contribution in [3.05, 3.63) is 15.6 Å². The molecule has 1 aliphatic carbocycles. The molecule has 1 aliphatic rings. The van der Waals surface area contributed by atoms with Gasteiger partial charge in [0.1, 0.15) is 15.5 Å². The van der Waals surface area contributed by atoms with Crippen LogP contribution in [0, 0.1) is 0 Å². The van der Waals surface area contributed by atoms with Crippen molar-refractivity contribution in [1.29, 1.82) is 0 Å². The van der Waals surface area contributed by atoms with Crippen LogP contribution in [0.4, 0.5) is 0 Å². The Morgan fingerprint density at radius 3 is 2.58 bits per heavy atom. The van der Waals surface area contributed by atoms with Crippen LogP contribution in [-0.2, 0) is 21.7 Å². The topological polar surface area (TPSA) is 68.7 Å². The van der Waals surface area contributed by atoms with E-state index in [0.717, 1.165) is 30.7 Å². The van der Waals surface area contributed by atoms with Crippen LogP contribution in [0.25, 0.3) is 0 Å². The van der Waals surface area contributed by atoms with Crippen molar-refractivity contribution in [1.82, 2.24) is 4.98 Å². The number of nitrogens with zero attached hydrogens (tertiary/aromatic N) is 1. The van der Waals surface area contributed by atoms with Gasteiger partial charge in [-0.15, -0.1) is 11.3 Å². The highest BCUT2D eigenvalue weighted by molar-refractivity contribution is 7.13. The summed E-state index contributed by atoms with van der Waals surface area (Å²) in [7, 11) is 3.22. The summed E-state index contributed by atoms with van der Waals surface area (Å²) < 4.78 is 10.7. The Bertz CT molecular complexity index is 451. The van der Waals surface area contributed by atoms with Crippen LogP contribution < -0.4 is 0 Å². The second-order valence-electron chi connectivity index (χ2n) is 4.79. The number of carboxylic acids is 1. The van der Waals surface area contributed by atoms with E-state index in [4.69, 9.17) is 9.47 Å². The first-order chi connectivity index (χ1) is 9.13. The van der Waals surface area contributed by atoms with Crippen molar-refractivity contribution < 1.29 is 19.4 Å². The maximum Gasteiger partial charge on any atom is 0.347 e. The van der Waals surface area contributed by atoms with Gasteiger partial charge in [0, 0.05) is 14.2 Å². The highest BCUT2D eigenvalue weighted by atomic mass is 32.1. The summed E-state index contributed by atoms with van der Waals surface area (Å²) in [5, 5.41) is 10.0. The van der Waals surface area contributed by atoms with Crippen LogP contribution in [0.15, 0.2) is 0 Å². The summed E-state index contributed by atoms with van der Waals surface area (Å²) in [6, 6.07) is 0. The number of aromatic nitrogens is 1. The molecule has 0 bridgehead atoms. The summed E-state index contributed by atoms with van der Waals surface area (Å²) in [6.45, 7) is 0.220. The van der Waals surface area contributed by atoms with Crippen LogP contribution in [0.5, 0.6) is 0 Å². The lowest BCUT2D eigenvalue weighted by atomic mass is 9.85. The summed E-state index contributed by atoms with van der Waals surface area (Å²) in [4.78, 5) is 16.0. The standard InChI is InChI=1S/C13H19NO4S/c1-17-8-9-10(11(15)16)19-12(14-9)13(18-2)6-4-3-5-7-13/h3-8H2,1-2H3,(H,15,16). The van der Waals surface area contributed by atoms with Crippen molar-refractivity contribution in [3.63, 3.8) is 0 Å². The van der Waals surface area contributed by atoms with Crippen LogP contribution in [0.2, 0.25) is 0 Å². The lowest BCUT2D eigenvalue weighted by Gasteiger charge is -2.34. The van der Waals surface area contributed by atoms with E-state index in [1.807, 2.05) is 0 Å². The molecule has 1 aromatic heterocycles.